The topological polar surface area (TPSA) is 175 Å². The Hall–Kier alpha value is -4.88. The highest BCUT2D eigenvalue weighted by Gasteiger charge is 2.50. The number of esters is 3. The lowest BCUT2D eigenvalue weighted by atomic mass is 9.98. The van der Waals surface area contributed by atoms with Crippen LogP contribution >= 0.6 is 0 Å². The van der Waals surface area contributed by atoms with Gasteiger partial charge in [0.25, 0.3) is 0 Å². The van der Waals surface area contributed by atoms with Crippen LogP contribution in [0, 0.1) is 0 Å². The molecule has 6 unspecified atom stereocenters. The lowest BCUT2D eigenvalue weighted by molar-refractivity contribution is -0.301. The molecule has 0 aromatic rings. The summed E-state index contributed by atoms with van der Waals surface area (Å²) in [6, 6.07) is 0. The number of aliphatic hydroxyl groups excluding tert-OH is 2. The maximum absolute atomic E-state index is 13.1. The summed E-state index contributed by atoms with van der Waals surface area (Å²) < 4.78 is 28.2. The summed E-state index contributed by atoms with van der Waals surface area (Å²) in [5, 5.41) is 31.4. The van der Waals surface area contributed by atoms with Gasteiger partial charge in [-0.1, -0.05) is 219 Å². The van der Waals surface area contributed by atoms with Crippen LogP contribution in [0.5, 0.6) is 0 Å². The number of carboxylic acid groups (broad SMARTS) is 1. The molecule has 0 aliphatic carbocycles. The highest BCUT2D eigenvalue weighted by Crippen LogP contribution is 2.26. The van der Waals surface area contributed by atoms with Crippen molar-refractivity contribution >= 4 is 23.9 Å². The lowest BCUT2D eigenvalue weighted by Crippen LogP contribution is -2.61. The number of aliphatic carboxylic acids is 1. The average molecular weight is 1050 g/mol. The Morgan fingerprint density at radius 2 is 0.840 bits per heavy atom. The first-order chi connectivity index (χ1) is 36.6. The highest BCUT2D eigenvalue weighted by molar-refractivity contribution is 5.74. The normalized spacial score (nSPS) is 19.1. The van der Waals surface area contributed by atoms with Crippen molar-refractivity contribution in [2.24, 2.45) is 0 Å². The van der Waals surface area contributed by atoms with Crippen molar-refractivity contribution in [2.75, 3.05) is 13.2 Å². The molecule has 1 fully saturated rings. The predicted octanol–water partition coefficient (Wildman–Crippen LogP) is 14.4. The molecule has 3 N–H and O–H groups in total. The van der Waals surface area contributed by atoms with Crippen LogP contribution in [0.25, 0.3) is 0 Å². The zero-order chi connectivity index (χ0) is 54.7. The van der Waals surface area contributed by atoms with Gasteiger partial charge < -0.3 is 39.0 Å². The molecule has 0 bridgehead atoms. The zero-order valence-corrected chi connectivity index (χ0v) is 46.2. The zero-order valence-electron chi connectivity index (χ0n) is 46.2. The number of carbonyl (C=O) groups excluding carboxylic acids is 3. The molecule has 0 radical (unpaired) electrons. The minimum Gasteiger partial charge on any atom is -0.479 e. The van der Waals surface area contributed by atoms with Gasteiger partial charge in [-0.05, 0) is 83.5 Å². The Labute approximate surface area is 452 Å². The first-order valence-electron chi connectivity index (χ1n) is 28.5. The molecule has 1 rings (SSSR count). The maximum atomic E-state index is 13.1. The molecule has 422 valence electrons. The van der Waals surface area contributed by atoms with Crippen molar-refractivity contribution < 1.29 is 58.2 Å². The second kappa shape index (κ2) is 50.0. The van der Waals surface area contributed by atoms with E-state index in [1.807, 2.05) is 30.4 Å². The number of hydrogen-bond acceptors (Lipinski definition) is 11. The summed E-state index contributed by atoms with van der Waals surface area (Å²) >= 11 is 0. The van der Waals surface area contributed by atoms with E-state index >= 15 is 0 Å². The monoisotopic (exact) mass is 1050 g/mol. The van der Waals surface area contributed by atoms with Gasteiger partial charge in [-0.3, -0.25) is 14.4 Å². The van der Waals surface area contributed by atoms with Gasteiger partial charge in [0.2, 0.25) is 0 Å². The molecule has 12 nitrogen and oxygen atoms in total. The minimum atomic E-state index is -1.94. The van der Waals surface area contributed by atoms with Crippen molar-refractivity contribution in [1.82, 2.24) is 0 Å². The highest BCUT2D eigenvalue weighted by atomic mass is 16.7. The fourth-order valence-corrected chi connectivity index (χ4v) is 7.76. The molecule has 0 spiro atoms. The van der Waals surface area contributed by atoms with Crippen molar-refractivity contribution in [3.8, 4) is 0 Å². The van der Waals surface area contributed by atoms with Crippen LogP contribution < -0.4 is 0 Å². The molecule has 12 heteroatoms. The van der Waals surface area contributed by atoms with Gasteiger partial charge in [0, 0.05) is 19.3 Å². The number of aliphatic hydroxyl groups is 2. The second-order valence-electron chi connectivity index (χ2n) is 18.8. The molecule has 6 atom stereocenters. The summed E-state index contributed by atoms with van der Waals surface area (Å²) in [6.45, 7) is 5.64. The molecule has 1 aliphatic rings. The van der Waals surface area contributed by atoms with E-state index in [-0.39, 0.29) is 25.9 Å². The number of hydrogen-bond donors (Lipinski definition) is 3. The Morgan fingerprint density at radius 3 is 1.25 bits per heavy atom. The predicted molar refractivity (Wildman–Crippen MR) is 303 cm³/mol. The van der Waals surface area contributed by atoms with E-state index in [1.54, 1.807) is 0 Å². The first kappa shape index (κ1) is 68.1. The van der Waals surface area contributed by atoms with Crippen LogP contribution in [-0.4, -0.2) is 89.2 Å². The van der Waals surface area contributed by atoms with Crippen molar-refractivity contribution in [2.45, 2.75) is 237 Å². The van der Waals surface area contributed by atoms with Gasteiger partial charge in [0.1, 0.15) is 18.8 Å². The van der Waals surface area contributed by atoms with Crippen LogP contribution in [0.1, 0.15) is 201 Å². The Balaban J connectivity index is 2.78. The molecule has 0 saturated carbocycles. The van der Waals surface area contributed by atoms with Crippen molar-refractivity contribution in [3.05, 3.63) is 122 Å². The summed E-state index contributed by atoms with van der Waals surface area (Å²) in [5.74, 6) is -3.35. The summed E-state index contributed by atoms with van der Waals surface area (Å²) in [5.41, 5.74) is 0. The third kappa shape index (κ3) is 40.1. The van der Waals surface area contributed by atoms with Crippen LogP contribution in [-0.2, 0) is 42.9 Å². The molecule has 0 aromatic heterocycles. The third-order valence-electron chi connectivity index (χ3n) is 12.1. The number of ether oxygens (including phenoxy) is 5. The second-order valence-corrected chi connectivity index (χ2v) is 18.8. The van der Waals surface area contributed by atoms with Gasteiger partial charge in [0.15, 0.2) is 24.6 Å². The number of unbranched alkanes of at least 4 members (excludes halogenated alkanes) is 12. The molecule has 1 aliphatic heterocycles. The molecular formula is C63H98O12. The molecular weight excluding hydrogens is 949 g/mol. The van der Waals surface area contributed by atoms with E-state index in [9.17, 15) is 34.5 Å². The minimum absolute atomic E-state index is 0.0765. The number of allylic oxidation sites excluding steroid dienone is 20. The van der Waals surface area contributed by atoms with Gasteiger partial charge in [-0.15, -0.1) is 0 Å². The number of rotatable bonds is 46. The van der Waals surface area contributed by atoms with Crippen molar-refractivity contribution in [1.29, 1.82) is 0 Å². The number of carbonyl (C=O) groups is 4. The van der Waals surface area contributed by atoms with E-state index in [2.05, 4.69) is 112 Å². The SMILES string of the molecule is CC/C=C\C/C=C\C/C=C\C/C=C\C/C=C\C/C=C\CCC(=O)OC1C(OCC(COC(=O)CC/C=C\C/C=C\C/C=C\C/C=C\CC)OC(=O)CCCCCCCCCCCCCCC)OC(C(=O)O)C(O)C1O. The molecule has 0 aromatic carbocycles. The molecule has 1 heterocycles. The summed E-state index contributed by atoms with van der Waals surface area (Å²) in [6.07, 6.45) is 56.3. The first-order valence-corrected chi connectivity index (χ1v) is 28.5. The van der Waals surface area contributed by atoms with Gasteiger partial charge in [0.05, 0.1) is 6.61 Å². The lowest BCUT2D eigenvalue weighted by Gasteiger charge is -2.40. The smallest absolute Gasteiger partial charge is 0.335 e. The molecule has 1 saturated heterocycles. The van der Waals surface area contributed by atoms with E-state index in [4.69, 9.17) is 23.7 Å². The Kier molecular flexibility index (Phi) is 45.4. The standard InChI is InChI=1S/C63H98O12/c1-4-7-10-13-16-19-22-25-26-27-28-29-30-33-36-39-42-45-48-51-57(66)74-61-59(68)58(67)60(62(69)70)75-63(61)72-53-54(73-56(65)50-47-44-41-38-35-32-24-21-18-15-12-9-6-3)52-71-55(64)49-46-43-40-37-34-31-23-20-17-14-11-8-5-2/h7-8,10-11,16-17,19-20,25-26,28-29,31,33-34,36,40,42-43,45,54,58-61,63,67-68H,4-6,9,12-15,18,21-24,27,30,32,35,37-39,41,44,46-53H2,1-3H3,(H,69,70)/b10-7-,11-8-,19-16-,20-17-,26-25-,29-28-,34-31-,36-33-,43-40-,45-42-. The maximum Gasteiger partial charge on any atom is 0.335 e. The van der Waals surface area contributed by atoms with Gasteiger partial charge in [-0.2, -0.15) is 0 Å². The fourth-order valence-electron chi connectivity index (χ4n) is 7.76. The van der Waals surface area contributed by atoms with Crippen LogP contribution in [0.2, 0.25) is 0 Å². The fraction of sp³-hybridized carbons (Fsp3) is 0.619. The Morgan fingerprint density at radius 1 is 0.453 bits per heavy atom. The van der Waals surface area contributed by atoms with E-state index in [1.165, 1.54) is 57.8 Å². The average Bonchev–Trinajstić information content (AvgIpc) is 3.39. The van der Waals surface area contributed by atoms with Crippen LogP contribution in [0.4, 0.5) is 0 Å². The Bertz CT molecular complexity index is 1770. The third-order valence-corrected chi connectivity index (χ3v) is 12.1. The van der Waals surface area contributed by atoms with Crippen LogP contribution in [0.3, 0.4) is 0 Å². The van der Waals surface area contributed by atoms with Crippen LogP contribution in [0.15, 0.2) is 122 Å². The molecule has 75 heavy (non-hydrogen) atoms. The van der Waals surface area contributed by atoms with Gasteiger partial charge >= 0.3 is 23.9 Å². The van der Waals surface area contributed by atoms with E-state index in [0.29, 0.717) is 25.7 Å². The summed E-state index contributed by atoms with van der Waals surface area (Å²) in [4.78, 5) is 51.0. The largest absolute Gasteiger partial charge is 0.479 e. The van der Waals surface area contributed by atoms with Gasteiger partial charge in [-0.25, -0.2) is 4.79 Å². The van der Waals surface area contributed by atoms with E-state index < -0.39 is 67.3 Å². The summed E-state index contributed by atoms with van der Waals surface area (Å²) in [7, 11) is 0. The number of carboxylic acids is 1. The van der Waals surface area contributed by atoms with Crippen molar-refractivity contribution in [3.63, 3.8) is 0 Å². The molecule has 0 amide bonds. The van der Waals surface area contributed by atoms with E-state index in [0.717, 1.165) is 77.0 Å². The quantitative estimate of drug-likeness (QED) is 0.0228.